The summed E-state index contributed by atoms with van der Waals surface area (Å²) in [6.07, 6.45) is 0. The molecule has 0 spiro atoms. The van der Waals surface area contributed by atoms with E-state index in [9.17, 15) is 0 Å². The lowest BCUT2D eigenvalue weighted by atomic mass is 9.92. The molecule has 3 nitrogen and oxygen atoms in total. The van der Waals surface area contributed by atoms with Crippen molar-refractivity contribution in [1.82, 2.24) is 9.13 Å². The van der Waals surface area contributed by atoms with Crippen LogP contribution in [0.5, 0.6) is 0 Å². The van der Waals surface area contributed by atoms with Crippen LogP contribution in [0.25, 0.3) is 127 Å². The van der Waals surface area contributed by atoms with E-state index >= 15 is 0 Å². The van der Waals surface area contributed by atoms with Crippen LogP contribution >= 0.6 is 0 Å². The minimum atomic E-state index is 0.587. The number of hydrogen-bond acceptors (Lipinski definition) is 0. The van der Waals surface area contributed by atoms with Crippen LogP contribution in [0.1, 0.15) is 33.4 Å². The van der Waals surface area contributed by atoms with Gasteiger partial charge in [-0.2, -0.15) is 0 Å². The van der Waals surface area contributed by atoms with E-state index in [1.165, 1.54) is 88.7 Å². The van der Waals surface area contributed by atoms with E-state index in [-0.39, 0.29) is 0 Å². The summed E-state index contributed by atoms with van der Waals surface area (Å²) >= 11 is 0. The summed E-state index contributed by atoms with van der Waals surface area (Å²) in [6, 6.07) is 82.3. The normalized spacial score (nSPS) is 11.5. The van der Waals surface area contributed by atoms with E-state index in [4.69, 9.17) is 6.57 Å². The Morgan fingerprint density at radius 2 is 0.658 bits per heavy atom. The van der Waals surface area contributed by atoms with Crippen molar-refractivity contribution in [1.29, 1.82) is 0 Å². The summed E-state index contributed by atoms with van der Waals surface area (Å²) in [5.74, 6) is 0. The monoisotopic (exact) mass is 973 g/mol. The average molecular weight is 974 g/mol. The lowest BCUT2D eigenvalue weighted by Crippen LogP contribution is -2.02. The van der Waals surface area contributed by atoms with Crippen LogP contribution in [0.4, 0.5) is 5.69 Å². The lowest BCUT2D eigenvalue weighted by Gasteiger charge is -2.21. The minimum Gasteiger partial charge on any atom is -0.310 e. The molecule has 362 valence electrons. The van der Waals surface area contributed by atoms with Crippen molar-refractivity contribution in [3.8, 4) is 78.1 Å². The van der Waals surface area contributed by atoms with Gasteiger partial charge in [0.05, 0.1) is 34.3 Å². The van der Waals surface area contributed by atoms with Gasteiger partial charge in [-0.05, 0) is 197 Å². The summed E-state index contributed by atoms with van der Waals surface area (Å²) in [4.78, 5) is 4.42. The molecule has 0 bridgehead atoms. The van der Waals surface area contributed by atoms with E-state index in [0.29, 0.717) is 5.69 Å². The van der Waals surface area contributed by atoms with E-state index in [0.717, 1.165) is 66.5 Å². The molecule has 0 N–H and O–H groups in total. The molecule has 76 heavy (non-hydrogen) atoms. The van der Waals surface area contributed by atoms with Crippen molar-refractivity contribution in [2.24, 2.45) is 0 Å². The summed E-state index contributed by atoms with van der Waals surface area (Å²) in [6.45, 7) is 22.1. The van der Waals surface area contributed by atoms with Gasteiger partial charge in [0.2, 0.25) is 0 Å². The molecule has 0 aliphatic rings. The first-order chi connectivity index (χ1) is 37.1. The van der Waals surface area contributed by atoms with Gasteiger partial charge in [-0.3, -0.25) is 0 Å². The number of fused-ring (bicyclic) bond motifs is 6. The van der Waals surface area contributed by atoms with Gasteiger partial charge >= 0.3 is 0 Å². The molecule has 0 fully saturated rings. The van der Waals surface area contributed by atoms with Crippen LogP contribution in [0, 0.1) is 48.1 Å². The Hall–Kier alpha value is -9.49. The molecular formula is C73H55N3. The lowest BCUT2D eigenvalue weighted by molar-refractivity contribution is 1.16. The first kappa shape index (κ1) is 46.3. The number of nitrogens with zero attached hydrogens (tertiary/aromatic N) is 3. The summed E-state index contributed by atoms with van der Waals surface area (Å²) < 4.78 is 4.87. The third-order valence-corrected chi connectivity index (χ3v) is 15.9. The molecule has 3 heteroatoms. The number of hydrogen-bond donors (Lipinski definition) is 0. The Morgan fingerprint density at radius 3 is 1.05 bits per heavy atom. The first-order valence-corrected chi connectivity index (χ1v) is 26.3. The van der Waals surface area contributed by atoms with Crippen LogP contribution in [0.15, 0.2) is 224 Å². The summed E-state index contributed by atoms with van der Waals surface area (Å²) in [7, 11) is 0. The van der Waals surface area contributed by atoms with E-state index in [1.54, 1.807) is 0 Å². The van der Waals surface area contributed by atoms with Crippen molar-refractivity contribution >= 4 is 49.3 Å². The zero-order chi connectivity index (χ0) is 51.8. The Balaban J connectivity index is 1.13. The van der Waals surface area contributed by atoms with E-state index in [1.807, 2.05) is 6.07 Å². The molecular weight excluding hydrogens is 919 g/mol. The zero-order valence-electron chi connectivity index (χ0n) is 43.7. The molecule has 13 rings (SSSR count). The van der Waals surface area contributed by atoms with Gasteiger partial charge in [0.1, 0.15) is 0 Å². The van der Waals surface area contributed by atoms with Crippen LogP contribution in [0.2, 0.25) is 0 Å². The predicted molar refractivity (Wildman–Crippen MR) is 322 cm³/mol. The molecule has 0 unspecified atom stereocenters. The maximum Gasteiger partial charge on any atom is 0.197 e. The topological polar surface area (TPSA) is 14.2 Å². The maximum atomic E-state index is 9.01. The zero-order valence-corrected chi connectivity index (χ0v) is 43.7. The number of rotatable bonds is 8. The fraction of sp³-hybridized carbons (Fsp3) is 0.0822. The fourth-order valence-electron chi connectivity index (χ4n) is 12.1. The van der Waals surface area contributed by atoms with Crippen LogP contribution < -0.4 is 0 Å². The molecule has 0 amide bonds. The maximum absolute atomic E-state index is 9.01. The summed E-state index contributed by atoms with van der Waals surface area (Å²) in [5, 5.41) is 4.66. The largest absolute Gasteiger partial charge is 0.310 e. The molecule has 2 heterocycles. The van der Waals surface area contributed by atoms with Gasteiger partial charge in [0, 0.05) is 32.8 Å². The molecule has 13 aromatic rings. The highest BCUT2D eigenvalue weighted by Gasteiger charge is 2.25. The van der Waals surface area contributed by atoms with Gasteiger partial charge in [0.15, 0.2) is 5.69 Å². The van der Waals surface area contributed by atoms with Crippen LogP contribution in [-0.4, -0.2) is 9.13 Å². The Labute approximate surface area is 445 Å². The molecule has 0 atom stereocenters. The SMILES string of the molecule is [C-]#[N+]c1cccc(-n2c3ccc(-c4ccccc4C)cc3c3cc(-c4ccccc4C)ccc32)c1-c1cc(-c2ccc(C)cc2C)ccc1-n1c2ccc(-c3ccccc3C)cc2c2cc(-c3ccccc3C)ccc21. The Kier molecular flexibility index (Phi) is 11.3. The number of benzene rings is 11. The van der Waals surface area contributed by atoms with Crippen molar-refractivity contribution < 1.29 is 0 Å². The third-order valence-electron chi connectivity index (χ3n) is 15.9. The van der Waals surface area contributed by atoms with Crippen molar-refractivity contribution in [2.45, 2.75) is 41.5 Å². The third kappa shape index (κ3) is 7.64. The molecule has 11 aromatic carbocycles. The molecule has 0 saturated heterocycles. The number of aryl methyl sites for hydroxylation is 6. The van der Waals surface area contributed by atoms with Crippen LogP contribution in [0.3, 0.4) is 0 Å². The highest BCUT2D eigenvalue weighted by molar-refractivity contribution is 6.14. The van der Waals surface area contributed by atoms with Gasteiger partial charge in [-0.1, -0.05) is 163 Å². The van der Waals surface area contributed by atoms with E-state index < -0.39 is 0 Å². The van der Waals surface area contributed by atoms with Gasteiger partial charge < -0.3 is 9.13 Å². The standard InChI is InChI=1S/C73H55N3/c1-45-27-33-60(50(6)39-45)55-32-38-71(75-67-34-28-51(56-21-12-8-17-46(56)2)40-61(67)62-41-52(29-35-68(62)75)57-22-13-9-18-47(57)3)65(44-55)73-66(74-7)25-16-26-72(73)76-69-36-30-53(58-23-14-10-19-48(58)4)42-63(69)64-43-54(31-37-70(64)76)59-24-15-11-20-49(59)5/h8-44H,1-6H3. The highest BCUT2D eigenvalue weighted by Crippen LogP contribution is 2.48. The second-order valence-corrected chi connectivity index (χ2v) is 20.7. The number of aromatic nitrogens is 2. The predicted octanol–water partition coefficient (Wildman–Crippen LogP) is 20.3. The molecule has 0 saturated carbocycles. The summed E-state index contributed by atoms with van der Waals surface area (Å²) in [5.41, 5.74) is 28.0. The first-order valence-electron chi connectivity index (χ1n) is 26.3. The highest BCUT2D eigenvalue weighted by atomic mass is 15.0. The quantitative estimate of drug-likeness (QED) is 0.135. The smallest absolute Gasteiger partial charge is 0.197 e. The van der Waals surface area contributed by atoms with Gasteiger partial charge in [0.25, 0.3) is 0 Å². The Bertz CT molecular complexity index is 4340. The van der Waals surface area contributed by atoms with Gasteiger partial charge in [-0.15, -0.1) is 0 Å². The Morgan fingerprint density at radius 1 is 0.289 bits per heavy atom. The molecule has 0 aliphatic heterocycles. The van der Waals surface area contributed by atoms with Crippen molar-refractivity contribution in [3.05, 3.63) is 269 Å². The fourth-order valence-corrected chi connectivity index (χ4v) is 12.1. The minimum absolute atomic E-state index is 0.587. The van der Waals surface area contributed by atoms with Crippen molar-refractivity contribution in [3.63, 3.8) is 0 Å². The van der Waals surface area contributed by atoms with Crippen LogP contribution in [-0.2, 0) is 0 Å². The average Bonchev–Trinajstić information content (AvgIpc) is 4.03. The van der Waals surface area contributed by atoms with Gasteiger partial charge in [-0.25, -0.2) is 4.85 Å². The van der Waals surface area contributed by atoms with Crippen molar-refractivity contribution in [2.75, 3.05) is 0 Å². The second kappa shape index (κ2) is 18.5. The molecule has 2 aromatic heterocycles. The van der Waals surface area contributed by atoms with E-state index in [2.05, 4.69) is 274 Å². The second-order valence-electron chi connectivity index (χ2n) is 20.7. The molecule has 0 aliphatic carbocycles. The molecule has 0 radical (unpaired) electrons.